The van der Waals surface area contributed by atoms with Gasteiger partial charge in [0.1, 0.15) is 6.04 Å². The molecule has 2 unspecified atom stereocenters. The molecule has 1 amide bonds. The molecule has 0 bridgehead atoms. The van der Waals surface area contributed by atoms with Crippen LogP contribution in [0.25, 0.3) is 0 Å². The molecule has 21 heavy (non-hydrogen) atoms. The van der Waals surface area contributed by atoms with E-state index in [1.54, 1.807) is 0 Å². The molecule has 2 aliphatic heterocycles. The fraction of sp³-hybridized carbons (Fsp3) is 0.588. The van der Waals surface area contributed by atoms with E-state index in [0.29, 0.717) is 5.92 Å². The molecule has 0 radical (unpaired) electrons. The zero-order chi connectivity index (χ0) is 14.7. The van der Waals surface area contributed by atoms with Crippen LogP contribution in [0.3, 0.4) is 0 Å². The average molecular weight is 287 g/mol. The molecule has 0 aliphatic carbocycles. The summed E-state index contributed by atoms with van der Waals surface area (Å²) in [4.78, 5) is 14.9. The first-order valence-electron chi connectivity index (χ1n) is 8.09. The highest BCUT2D eigenvalue weighted by Crippen LogP contribution is 2.23. The Morgan fingerprint density at radius 2 is 2.29 bits per heavy atom. The molecule has 1 aromatic carbocycles. The molecule has 0 spiro atoms. The van der Waals surface area contributed by atoms with Gasteiger partial charge in [0.25, 0.3) is 0 Å². The lowest BCUT2D eigenvalue weighted by molar-refractivity contribution is -0.123. The van der Waals surface area contributed by atoms with Crippen molar-refractivity contribution in [1.29, 1.82) is 0 Å². The molecule has 0 saturated carbocycles. The van der Waals surface area contributed by atoms with E-state index < -0.39 is 0 Å². The van der Waals surface area contributed by atoms with E-state index in [1.807, 2.05) is 6.07 Å². The summed E-state index contributed by atoms with van der Waals surface area (Å²) in [6, 6.07) is 8.09. The first-order valence-corrected chi connectivity index (χ1v) is 8.09. The van der Waals surface area contributed by atoms with Crippen LogP contribution < -0.4 is 10.6 Å². The van der Waals surface area contributed by atoms with Crippen LogP contribution in [0.4, 0.5) is 0 Å². The monoisotopic (exact) mass is 287 g/mol. The second-order valence-electron chi connectivity index (χ2n) is 6.13. The van der Waals surface area contributed by atoms with Gasteiger partial charge in [-0.25, -0.2) is 0 Å². The van der Waals surface area contributed by atoms with Crippen molar-refractivity contribution in [2.45, 2.75) is 25.8 Å². The standard InChI is InChI=1S/C17H25N3O/c1-2-20-10-8-13(12-20)11-19-17(21)16-15-6-4-3-5-14(15)7-9-18-16/h3-6,13,16,18H,2,7-12H2,1H3,(H,19,21). The van der Waals surface area contributed by atoms with E-state index >= 15 is 0 Å². The van der Waals surface area contributed by atoms with Crippen molar-refractivity contribution < 1.29 is 4.79 Å². The minimum atomic E-state index is -0.182. The van der Waals surface area contributed by atoms with Crippen molar-refractivity contribution in [3.63, 3.8) is 0 Å². The summed E-state index contributed by atoms with van der Waals surface area (Å²) in [5.41, 5.74) is 2.44. The van der Waals surface area contributed by atoms with E-state index in [9.17, 15) is 4.79 Å². The summed E-state index contributed by atoms with van der Waals surface area (Å²) in [5.74, 6) is 0.727. The summed E-state index contributed by atoms with van der Waals surface area (Å²) in [7, 11) is 0. The van der Waals surface area contributed by atoms with Crippen LogP contribution in [-0.4, -0.2) is 43.5 Å². The molecular formula is C17H25N3O. The van der Waals surface area contributed by atoms with Crippen molar-refractivity contribution in [3.05, 3.63) is 35.4 Å². The van der Waals surface area contributed by atoms with E-state index in [1.165, 1.54) is 18.5 Å². The van der Waals surface area contributed by atoms with Crippen LogP contribution in [0.5, 0.6) is 0 Å². The Hall–Kier alpha value is -1.39. The molecule has 2 aliphatic rings. The fourth-order valence-electron chi connectivity index (χ4n) is 3.45. The van der Waals surface area contributed by atoms with Crippen molar-refractivity contribution in [1.82, 2.24) is 15.5 Å². The third-order valence-corrected chi connectivity index (χ3v) is 4.75. The molecule has 4 heteroatoms. The number of fused-ring (bicyclic) bond motifs is 1. The minimum absolute atomic E-state index is 0.122. The topological polar surface area (TPSA) is 44.4 Å². The predicted octanol–water partition coefficient (Wildman–Crippen LogP) is 1.33. The van der Waals surface area contributed by atoms with Gasteiger partial charge < -0.3 is 15.5 Å². The van der Waals surface area contributed by atoms with Crippen LogP contribution in [0.1, 0.15) is 30.5 Å². The molecule has 2 heterocycles. The number of amides is 1. The van der Waals surface area contributed by atoms with Crippen LogP contribution in [0.2, 0.25) is 0 Å². The number of hydrogen-bond donors (Lipinski definition) is 2. The van der Waals surface area contributed by atoms with Gasteiger partial charge in [-0.05, 0) is 43.0 Å². The van der Waals surface area contributed by atoms with Crippen molar-refractivity contribution >= 4 is 5.91 Å². The smallest absolute Gasteiger partial charge is 0.241 e. The molecule has 1 saturated heterocycles. The summed E-state index contributed by atoms with van der Waals surface area (Å²) in [5, 5.41) is 6.50. The van der Waals surface area contributed by atoms with Crippen molar-refractivity contribution in [2.75, 3.05) is 32.7 Å². The van der Waals surface area contributed by atoms with E-state index in [4.69, 9.17) is 0 Å². The minimum Gasteiger partial charge on any atom is -0.354 e. The number of carbonyl (C=O) groups is 1. The first kappa shape index (κ1) is 14.5. The number of benzene rings is 1. The normalized spacial score (nSPS) is 25.6. The molecule has 3 rings (SSSR count). The van der Waals surface area contributed by atoms with Crippen LogP contribution in [0, 0.1) is 5.92 Å². The number of likely N-dealkylation sites (tertiary alicyclic amines) is 1. The van der Waals surface area contributed by atoms with E-state index in [2.05, 4.69) is 40.7 Å². The SMILES string of the molecule is CCN1CCC(CNC(=O)C2NCCc3ccccc32)C1. The maximum absolute atomic E-state index is 12.5. The van der Waals surface area contributed by atoms with Crippen LogP contribution in [0.15, 0.2) is 24.3 Å². The van der Waals surface area contributed by atoms with Gasteiger partial charge in [0, 0.05) is 19.6 Å². The Bertz CT molecular complexity index is 503. The Kier molecular flexibility index (Phi) is 4.56. The zero-order valence-electron chi connectivity index (χ0n) is 12.8. The second-order valence-corrected chi connectivity index (χ2v) is 6.13. The molecule has 1 fully saturated rings. The first-order chi connectivity index (χ1) is 10.3. The molecule has 114 valence electrons. The summed E-state index contributed by atoms with van der Waals surface area (Å²) < 4.78 is 0. The largest absolute Gasteiger partial charge is 0.354 e. The summed E-state index contributed by atoms with van der Waals surface area (Å²) in [6.07, 6.45) is 2.21. The molecule has 0 aromatic heterocycles. The van der Waals surface area contributed by atoms with Crippen molar-refractivity contribution in [2.24, 2.45) is 5.92 Å². The third kappa shape index (κ3) is 3.27. The number of nitrogens with zero attached hydrogens (tertiary/aromatic N) is 1. The van der Waals surface area contributed by atoms with Gasteiger partial charge in [-0.15, -0.1) is 0 Å². The maximum atomic E-state index is 12.5. The Balaban J connectivity index is 1.57. The van der Waals surface area contributed by atoms with Gasteiger partial charge in [-0.3, -0.25) is 4.79 Å². The average Bonchev–Trinajstić information content (AvgIpc) is 3.00. The quantitative estimate of drug-likeness (QED) is 0.878. The molecule has 4 nitrogen and oxygen atoms in total. The number of hydrogen-bond acceptors (Lipinski definition) is 3. The molecular weight excluding hydrogens is 262 g/mol. The van der Waals surface area contributed by atoms with E-state index in [-0.39, 0.29) is 11.9 Å². The zero-order valence-corrected chi connectivity index (χ0v) is 12.8. The van der Waals surface area contributed by atoms with Gasteiger partial charge >= 0.3 is 0 Å². The lowest BCUT2D eigenvalue weighted by Crippen LogP contribution is -2.43. The van der Waals surface area contributed by atoms with Crippen LogP contribution in [-0.2, 0) is 11.2 Å². The molecule has 1 aromatic rings. The third-order valence-electron chi connectivity index (χ3n) is 4.75. The Morgan fingerprint density at radius 3 is 3.10 bits per heavy atom. The number of carbonyl (C=O) groups excluding carboxylic acids is 1. The second kappa shape index (κ2) is 6.58. The van der Waals surface area contributed by atoms with Crippen molar-refractivity contribution in [3.8, 4) is 0 Å². The Morgan fingerprint density at radius 1 is 1.43 bits per heavy atom. The van der Waals surface area contributed by atoms with Crippen LogP contribution >= 0.6 is 0 Å². The lowest BCUT2D eigenvalue weighted by Gasteiger charge is -2.26. The highest BCUT2D eigenvalue weighted by atomic mass is 16.2. The number of rotatable bonds is 4. The highest BCUT2D eigenvalue weighted by molar-refractivity contribution is 5.83. The van der Waals surface area contributed by atoms with Gasteiger partial charge in [-0.2, -0.15) is 0 Å². The van der Waals surface area contributed by atoms with Gasteiger partial charge in [0.15, 0.2) is 0 Å². The highest BCUT2D eigenvalue weighted by Gasteiger charge is 2.27. The molecule has 2 atom stereocenters. The predicted molar refractivity (Wildman–Crippen MR) is 84.1 cm³/mol. The molecule has 2 N–H and O–H groups in total. The number of nitrogens with one attached hydrogen (secondary N) is 2. The lowest BCUT2D eigenvalue weighted by atomic mass is 9.94. The maximum Gasteiger partial charge on any atom is 0.241 e. The summed E-state index contributed by atoms with van der Waals surface area (Å²) in [6.45, 7) is 7.27. The van der Waals surface area contributed by atoms with Gasteiger partial charge in [0.2, 0.25) is 5.91 Å². The fourth-order valence-corrected chi connectivity index (χ4v) is 3.45. The summed E-state index contributed by atoms with van der Waals surface area (Å²) >= 11 is 0. The van der Waals surface area contributed by atoms with Gasteiger partial charge in [0.05, 0.1) is 0 Å². The Labute approximate surface area is 126 Å². The van der Waals surface area contributed by atoms with E-state index in [0.717, 1.165) is 38.2 Å². The van der Waals surface area contributed by atoms with Gasteiger partial charge in [-0.1, -0.05) is 31.2 Å².